The molecule has 1 aromatic rings. The zero-order chi connectivity index (χ0) is 12.0. The van der Waals surface area contributed by atoms with Gasteiger partial charge in [0.25, 0.3) is 0 Å². The van der Waals surface area contributed by atoms with Crippen molar-refractivity contribution in [3.05, 3.63) is 30.3 Å². The number of benzene rings is 1. The van der Waals surface area contributed by atoms with E-state index in [9.17, 15) is 0 Å². The van der Waals surface area contributed by atoms with Crippen molar-refractivity contribution >= 4 is 23.9 Å². The van der Waals surface area contributed by atoms with E-state index in [1.807, 2.05) is 30.3 Å². The molecule has 86 valence electrons. The molecule has 0 amide bonds. The number of guanidine groups is 2. The minimum absolute atomic E-state index is 0.153. The predicted octanol–water partition coefficient (Wildman–Crippen LogP) is 0.885. The predicted molar refractivity (Wildman–Crippen MR) is 69.2 cm³/mol. The molecule has 5 nitrogen and oxygen atoms in total. The van der Waals surface area contributed by atoms with E-state index in [1.165, 1.54) is 11.9 Å². The summed E-state index contributed by atoms with van der Waals surface area (Å²) in [5.74, 6) is 0.481. The van der Waals surface area contributed by atoms with Crippen LogP contribution in [-0.4, -0.2) is 30.9 Å². The van der Waals surface area contributed by atoms with Crippen molar-refractivity contribution in [3.63, 3.8) is 0 Å². The van der Waals surface area contributed by atoms with Crippen molar-refractivity contribution in [2.45, 2.75) is 4.90 Å². The molecule has 0 aliphatic heterocycles. The molecule has 0 spiro atoms. The highest BCUT2D eigenvalue weighted by Crippen LogP contribution is 2.17. The van der Waals surface area contributed by atoms with Gasteiger partial charge in [-0.2, -0.15) is 9.39 Å². The van der Waals surface area contributed by atoms with Crippen molar-refractivity contribution in [2.24, 2.45) is 20.9 Å². The third-order valence-corrected chi connectivity index (χ3v) is 2.44. The molecule has 0 fully saturated rings. The van der Waals surface area contributed by atoms with Crippen molar-refractivity contribution in [2.75, 3.05) is 14.1 Å². The van der Waals surface area contributed by atoms with Crippen molar-refractivity contribution in [3.8, 4) is 0 Å². The van der Waals surface area contributed by atoms with Gasteiger partial charge in [-0.25, -0.2) is 0 Å². The fraction of sp³-hybridized carbons (Fsp3) is 0.200. The lowest BCUT2D eigenvalue weighted by Crippen LogP contribution is -2.32. The summed E-state index contributed by atoms with van der Waals surface area (Å²) in [4.78, 5) is 6.58. The molecule has 0 heterocycles. The van der Waals surface area contributed by atoms with Crippen LogP contribution in [0.5, 0.6) is 0 Å². The van der Waals surface area contributed by atoms with E-state index in [4.69, 9.17) is 11.5 Å². The van der Waals surface area contributed by atoms with Gasteiger partial charge in [-0.05, 0) is 12.1 Å². The molecule has 0 aliphatic rings. The number of nitrogens with two attached hydrogens (primary N) is 2. The fourth-order valence-electron chi connectivity index (χ4n) is 0.819. The number of nitrogens with zero attached hydrogens (tertiary/aromatic N) is 3. The molecule has 0 atom stereocenters. The maximum absolute atomic E-state index is 5.60. The van der Waals surface area contributed by atoms with Crippen LogP contribution < -0.4 is 11.5 Å². The van der Waals surface area contributed by atoms with E-state index in [0.29, 0.717) is 5.96 Å². The molecular formula is C10H15N5S. The maximum atomic E-state index is 5.60. The lowest BCUT2D eigenvalue weighted by atomic mass is 10.4. The number of aliphatic imine (C=N–C) groups is 1. The van der Waals surface area contributed by atoms with Crippen LogP contribution in [-0.2, 0) is 0 Å². The van der Waals surface area contributed by atoms with Crippen LogP contribution in [0.4, 0.5) is 0 Å². The van der Waals surface area contributed by atoms with E-state index < -0.39 is 0 Å². The van der Waals surface area contributed by atoms with Gasteiger partial charge in [-0.15, -0.1) is 0 Å². The van der Waals surface area contributed by atoms with Gasteiger partial charge in [-0.3, -0.25) is 0 Å². The topological polar surface area (TPSA) is 80.0 Å². The lowest BCUT2D eigenvalue weighted by Gasteiger charge is -2.09. The van der Waals surface area contributed by atoms with Gasteiger partial charge in [0.05, 0.1) is 0 Å². The minimum atomic E-state index is 0.153. The first-order chi connectivity index (χ1) is 7.59. The van der Waals surface area contributed by atoms with Crippen LogP contribution in [0.2, 0.25) is 0 Å². The minimum Gasteiger partial charge on any atom is -0.369 e. The average Bonchev–Trinajstić information content (AvgIpc) is 2.27. The molecule has 0 saturated carbocycles. The maximum Gasteiger partial charge on any atom is 0.230 e. The normalized spacial score (nSPS) is 12.6. The van der Waals surface area contributed by atoms with E-state index in [1.54, 1.807) is 19.0 Å². The Morgan fingerprint density at radius 2 is 1.81 bits per heavy atom. The van der Waals surface area contributed by atoms with Gasteiger partial charge < -0.3 is 16.4 Å². The Morgan fingerprint density at radius 1 is 1.19 bits per heavy atom. The van der Waals surface area contributed by atoms with Crippen molar-refractivity contribution in [1.82, 2.24) is 4.90 Å². The smallest absolute Gasteiger partial charge is 0.230 e. The monoisotopic (exact) mass is 237 g/mol. The van der Waals surface area contributed by atoms with Crippen LogP contribution in [0.3, 0.4) is 0 Å². The van der Waals surface area contributed by atoms with Crippen LogP contribution in [0.25, 0.3) is 0 Å². The first-order valence-electron chi connectivity index (χ1n) is 4.66. The lowest BCUT2D eigenvalue weighted by molar-refractivity contribution is 0.615. The summed E-state index contributed by atoms with van der Waals surface area (Å²) in [6.07, 6.45) is 0. The van der Waals surface area contributed by atoms with Gasteiger partial charge >= 0.3 is 0 Å². The number of hydrogen-bond acceptors (Lipinski definition) is 2. The fourth-order valence-corrected chi connectivity index (χ4v) is 1.34. The van der Waals surface area contributed by atoms with Gasteiger partial charge in [0.2, 0.25) is 5.96 Å². The molecule has 1 rings (SSSR count). The van der Waals surface area contributed by atoms with Crippen LogP contribution >= 0.6 is 11.9 Å². The van der Waals surface area contributed by atoms with Crippen molar-refractivity contribution < 1.29 is 0 Å². The van der Waals surface area contributed by atoms with E-state index in [2.05, 4.69) is 9.39 Å². The molecule has 0 radical (unpaired) electrons. The molecule has 0 bridgehead atoms. The summed E-state index contributed by atoms with van der Waals surface area (Å²) in [6, 6.07) is 9.71. The zero-order valence-electron chi connectivity index (χ0n) is 9.29. The highest BCUT2D eigenvalue weighted by molar-refractivity contribution is 7.98. The van der Waals surface area contributed by atoms with Gasteiger partial charge in [0.15, 0.2) is 5.96 Å². The summed E-state index contributed by atoms with van der Waals surface area (Å²) >= 11 is 1.26. The molecular weight excluding hydrogens is 222 g/mol. The highest BCUT2D eigenvalue weighted by atomic mass is 32.2. The van der Waals surface area contributed by atoms with E-state index in [0.717, 1.165) is 4.90 Å². The van der Waals surface area contributed by atoms with Gasteiger partial charge in [0, 0.05) is 30.9 Å². The largest absolute Gasteiger partial charge is 0.369 e. The summed E-state index contributed by atoms with van der Waals surface area (Å²) in [5, 5.41) is 0. The molecule has 1 aromatic carbocycles. The zero-order valence-corrected chi connectivity index (χ0v) is 10.1. The summed E-state index contributed by atoms with van der Waals surface area (Å²) < 4.78 is 4.03. The van der Waals surface area contributed by atoms with Crippen LogP contribution in [0, 0.1) is 0 Å². The van der Waals surface area contributed by atoms with Gasteiger partial charge in [0.1, 0.15) is 0 Å². The van der Waals surface area contributed by atoms with E-state index >= 15 is 0 Å². The second kappa shape index (κ2) is 6.02. The first kappa shape index (κ1) is 12.4. The Kier molecular flexibility index (Phi) is 4.65. The SMILES string of the molecule is CN(C)/C(N)=N/C(N)=N/Sc1ccccc1. The standard InChI is InChI=1S/C10H15N5S/c1-15(2)10(12)13-9(11)14-16-8-6-4-3-5-7-8/h3-7H,1-2H3,(H4,11,12,13,14). The molecule has 0 aliphatic carbocycles. The number of hydrogen-bond donors (Lipinski definition) is 2. The summed E-state index contributed by atoms with van der Waals surface area (Å²) in [6.45, 7) is 0. The quantitative estimate of drug-likeness (QED) is 0.454. The Labute approximate surface area is 99.4 Å². The van der Waals surface area contributed by atoms with Gasteiger partial charge in [-0.1, -0.05) is 18.2 Å². The second-order valence-corrected chi connectivity index (χ2v) is 4.05. The Bertz CT molecular complexity index is 385. The molecule has 6 heteroatoms. The van der Waals surface area contributed by atoms with E-state index in [-0.39, 0.29) is 5.96 Å². The van der Waals surface area contributed by atoms with Crippen molar-refractivity contribution in [1.29, 1.82) is 0 Å². The van der Waals surface area contributed by atoms with Crippen LogP contribution in [0.1, 0.15) is 0 Å². The molecule has 4 N–H and O–H groups in total. The average molecular weight is 237 g/mol. The molecule has 0 saturated heterocycles. The third-order valence-electron chi connectivity index (χ3n) is 1.68. The molecule has 0 aromatic heterocycles. The van der Waals surface area contributed by atoms with Crippen LogP contribution in [0.15, 0.2) is 44.6 Å². The molecule has 0 unspecified atom stereocenters. The second-order valence-electron chi connectivity index (χ2n) is 3.22. The number of rotatable bonds is 2. The molecule has 16 heavy (non-hydrogen) atoms. The Balaban J connectivity index is 2.62. The first-order valence-corrected chi connectivity index (χ1v) is 5.44. The Hall–Kier alpha value is -1.69. The Morgan fingerprint density at radius 3 is 2.38 bits per heavy atom. The third kappa shape index (κ3) is 4.22. The highest BCUT2D eigenvalue weighted by Gasteiger charge is 1.96. The summed E-state index contributed by atoms with van der Waals surface area (Å²) in [5.41, 5.74) is 11.2. The summed E-state index contributed by atoms with van der Waals surface area (Å²) in [7, 11) is 3.58.